The van der Waals surface area contributed by atoms with Gasteiger partial charge in [0.2, 0.25) is 11.8 Å². The predicted octanol–water partition coefficient (Wildman–Crippen LogP) is 3.06. The minimum absolute atomic E-state index is 0.0341. The molecule has 0 aliphatic carbocycles. The van der Waals surface area contributed by atoms with E-state index in [1.807, 2.05) is 61.2 Å². The molecule has 2 amide bonds. The quantitative estimate of drug-likeness (QED) is 0.871. The lowest BCUT2D eigenvalue weighted by molar-refractivity contribution is -0.135. The molecule has 4 heteroatoms. The normalized spacial score (nSPS) is 17.7. The number of carbonyl (C=O) groups is 2. The number of hydrogen-bond acceptors (Lipinski definition) is 2. The first-order chi connectivity index (χ1) is 11.2. The van der Waals surface area contributed by atoms with E-state index in [0.717, 1.165) is 16.5 Å². The molecule has 2 aromatic rings. The third-order valence-electron chi connectivity index (χ3n) is 4.61. The summed E-state index contributed by atoms with van der Waals surface area (Å²) in [6, 6.07) is 14.0. The van der Waals surface area contributed by atoms with Crippen molar-refractivity contribution in [3.63, 3.8) is 0 Å². The first-order valence-electron chi connectivity index (χ1n) is 8.22. The Balaban J connectivity index is 1.89. The molecule has 3 rings (SSSR count). The molecule has 0 aromatic heterocycles. The van der Waals surface area contributed by atoms with Gasteiger partial charge < -0.3 is 9.80 Å². The highest BCUT2D eigenvalue weighted by molar-refractivity contribution is 6.06. The maximum absolute atomic E-state index is 12.5. The second-order valence-corrected chi connectivity index (χ2v) is 5.91. The molecule has 0 spiro atoms. The summed E-state index contributed by atoms with van der Waals surface area (Å²) in [4.78, 5) is 28.6. The summed E-state index contributed by atoms with van der Waals surface area (Å²) >= 11 is 0. The topological polar surface area (TPSA) is 40.6 Å². The van der Waals surface area contributed by atoms with E-state index in [1.54, 1.807) is 4.90 Å². The second kappa shape index (κ2) is 6.41. The number of benzene rings is 2. The SMILES string of the molecule is CCN(CC)C(=O)C1CC(=O)N(c2cccc3ccccc23)C1. The van der Waals surface area contributed by atoms with E-state index in [-0.39, 0.29) is 17.7 Å². The van der Waals surface area contributed by atoms with Crippen LogP contribution < -0.4 is 4.90 Å². The Morgan fingerprint density at radius 2 is 1.83 bits per heavy atom. The first-order valence-corrected chi connectivity index (χ1v) is 8.22. The summed E-state index contributed by atoms with van der Waals surface area (Å²) in [7, 11) is 0. The molecule has 0 saturated carbocycles. The Labute approximate surface area is 136 Å². The van der Waals surface area contributed by atoms with Gasteiger partial charge in [-0.3, -0.25) is 9.59 Å². The molecule has 0 radical (unpaired) electrons. The van der Waals surface area contributed by atoms with Crippen LogP contribution in [0, 0.1) is 5.92 Å². The van der Waals surface area contributed by atoms with Crippen LogP contribution in [0.3, 0.4) is 0 Å². The van der Waals surface area contributed by atoms with Crippen LogP contribution in [-0.2, 0) is 9.59 Å². The number of fused-ring (bicyclic) bond motifs is 1. The summed E-state index contributed by atoms with van der Waals surface area (Å²) in [5.41, 5.74) is 0.906. The Morgan fingerprint density at radius 1 is 1.13 bits per heavy atom. The summed E-state index contributed by atoms with van der Waals surface area (Å²) in [5.74, 6) is -0.112. The average molecular weight is 310 g/mol. The highest BCUT2D eigenvalue weighted by Gasteiger charge is 2.37. The minimum Gasteiger partial charge on any atom is -0.343 e. The fourth-order valence-corrected chi connectivity index (χ4v) is 3.34. The smallest absolute Gasteiger partial charge is 0.227 e. The van der Waals surface area contributed by atoms with Crippen molar-refractivity contribution in [3.05, 3.63) is 42.5 Å². The molecule has 23 heavy (non-hydrogen) atoms. The van der Waals surface area contributed by atoms with E-state index >= 15 is 0 Å². The molecular formula is C19H22N2O2. The second-order valence-electron chi connectivity index (χ2n) is 5.91. The van der Waals surface area contributed by atoms with Gasteiger partial charge in [-0.05, 0) is 25.3 Å². The predicted molar refractivity (Wildman–Crippen MR) is 92.3 cm³/mol. The van der Waals surface area contributed by atoms with Gasteiger partial charge in [0.1, 0.15) is 0 Å². The fourth-order valence-electron chi connectivity index (χ4n) is 3.34. The lowest BCUT2D eigenvalue weighted by Crippen LogP contribution is -2.37. The van der Waals surface area contributed by atoms with Crippen LogP contribution in [0.1, 0.15) is 20.3 Å². The standard InChI is InChI=1S/C19H22N2O2/c1-3-20(4-2)19(23)15-12-18(22)21(13-15)17-11-7-9-14-8-5-6-10-16(14)17/h5-11,15H,3-4,12-13H2,1-2H3. The third-order valence-corrected chi connectivity index (χ3v) is 4.61. The molecule has 1 heterocycles. The highest BCUT2D eigenvalue weighted by atomic mass is 16.2. The molecule has 0 bridgehead atoms. The van der Waals surface area contributed by atoms with Crippen molar-refractivity contribution < 1.29 is 9.59 Å². The summed E-state index contributed by atoms with van der Waals surface area (Å²) < 4.78 is 0. The van der Waals surface area contributed by atoms with Gasteiger partial charge in [-0.1, -0.05) is 36.4 Å². The van der Waals surface area contributed by atoms with Crippen molar-refractivity contribution >= 4 is 28.3 Å². The van der Waals surface area contributed by atoms with Crippen LogP contribution in [0.5, 0.6) is 0 Å². The third kappa shape index (κ3) is 2.81. The van der Waals surface area contributed by atoms with E-state index in [0.29, 0.717) is 26.1 Å². The molecule has 120 valence electrons. The lowest BCUT2D eigenvalue weighted by atomic mass is 10.1. The summed E-state index contributed by atoms with van der Waals surface area (Å²) in [6.07, 6.45) is 0.304. The minimum atomic E-state index is -0.235. The largest absolute Gasteiger partial charge is 0.343 e. The van der Waals surface area contributed by atoms with Gasteiger partial charge in [-0.15, -0.1) is 0 Å². The number of nitrogens with zero attached hydrogens (tertiary/aromatic N) is 2. The van der Waals surface area contributed by atoms with Crippen molar-refractivity contribution in [2.75, 3.05) is 24.5 Å². The van der Waals surface area contributed by atoms with Crippen molar-refractivity contribution in [1.29, 1.82) is 0 Å². The lowest BCUT2D eigenvalue weighted by Gasteiger charge is -2.23. The number of rotatable bonds is 4. The molecular weight excluding hydrogens is 288 g/mol. The van der Waals surface area contributed by atoms with Crippen LogP contribution in [0.2, 0.25) is 0 Å². The van der Waals surface area contributed by atoms with Crippen LogP contribution in [-0.4, -0.2) is 36.3 Å². The first kappa shape index (κ1) is 15.5. The van der Waals surface area contributed by atoms with Crippen molar-refractivity contribution in [1.82, 2.24) is 4.90 Å². The Hall–Kier alpha value is -2.36. The molecule has 1 aliphatic heterocycles. The molecule has 1 unspecified atom stereocenters. The Kier molecular flexibility index (Phi) is 4.33. The van der Waals surface area contributed by atoms with Crippen LogP contribution in [0.15, 0.2) is 42.5 Å². The van der Waals surface area contributed by atoms with Crippen LogP contribution in [0.25, 0.3) is 10.8 Å². The number of amides is 2. The summed E-state index contributed by atoms with van der Waals surface area (Å²) in [5, 5.41) is 2.16. The van der Waals surface area contributed by atoms with Gasteiger partial charge in [0, 0.05) is 31.4 Å². The van der Waals surface area contributed by atoms with Gasteiger partial charge in [0.25, 0.3) is 0 Å². The zero-order valence-corrected chi connectivity index (χ0v) is 13.7. The number of hydrogen-bond donors (Lipinski definition) is 0. The number of carbonyl (C=O) groups excluding carboxylic acids is 2. The molecule has 2 aromatic carbocycles. The average Bonchev–Trinajstić information content (AvgIpc) is 2.97. The fraction of sp³-hybridized carbons (Fsp3) is 0.368. The van der Waals surface area contributed by atoms with Crippen molar-refractivity contribution in [2.45, 2.75) is 20.3 Å². The highest BCUT2D eigenvalue weighted by Crippen LogP contribution is 2.32. The maximum atomic E-state index is 12.5. The van der Waals surface area contributed by atoms with E-state index in [4.69, 9.17) is 0 Å². The van der Waals surface area contributed by atoms with Crippen molar-refractivity contribution in [3.8, 4) is 0 Å². The van der Waals surface area contributed by atoms with E-state index in [2.05, 4.69) is 0 Å². The number of anilines is 1. The van der Waals surface area contributed by atoms with Gasteiger partial charge in [0.05, 0.1) is 11.6 Å². The Bertz CT molecular complexity index is 732. The monoisotopic (exact) mass is 310 g/mol. The summed E-state index contributed by atoms with van der Waals surface area (Å²) in [6.45, 7) is 5.80. The zero-order chi connectivity index (χ0) is 16.4. The maximum Gasteiger partial charge on any atom is 0.227 e. The molecule has 1 aliphatic rings. The van der Waals surface area contributed by atoms with E-state index in [1.165, 1.54) is 0 Å². The van der Waals surface area contributed by atoms with Crippen LogP contribution >= 0.6 is 0 Å². The van der Waals surface area contributed by atoms with Crippen molar-refractivity contribution in [2.24, 2.45) is 5.92 Å². The van der Waals surface area contributed by atoms with Gasteiger partial charge in [-0.25, -0.2) is 0 Å². The Morgan fingerprint density at radius 3 is 2.57 bits per heavy atom. The molecule has 1 fully saturated rings. The molecule has 4 nitrogen and oxygen atoms in total. The van der Waals surface area contributed by atoms with E-state index in [9.17, 15) is 9.59 Å². The van der Waals surface area contributed by atoms with Gasteiger partial charge in [0.15, 0.2) is 0 Å². The molecule has 1 saturated heterocycles. The van der Waals surface area contributed by atoms with Gasteiger partial charge in [-0.2, -0.15) is 0 Å². The van der Waals surface area contributed by atoms with Gasteiger partial charge >= 0.3 is 0 Å². The van der Waals surface area contributed by atoms with Crippen LogP contribution in [0.4, 0.5) is 5.69 Å². The zero-order valence-electron chi connectivity index (χ0n) is 13.7. The molecule has 1 atom stereocenters. The van der Waals surface area contributed by atoms with E-state index < -0.39 is 0 Å². The molecule has 0 N–H and O–H groups in total.